The fourth-order valence-electron chi connectivity index (χ4n) is 9.34. The minimum absolute atomic E-state index is 0.857. The van der Waals surface area contributed by atoms with Crippen molar-refractivity contribution in [1.82, 2.24) is 4.57 Å². The van der Waals surface area contributed by atoms with Gasteiger partial charge >= 0.3 is 0 Å². The lowest BCUT2D eigenvalue weighted by Crippen LogP contribution is -2.11. The predicted molar refractivity (Wildman–Crippen MR) is 249 cm³/mol. The zero-order valence-electron chi connectivity index (χ0n) is 32.1. The van der Waals surface area contributed by atoms with Crippen LogP contribution in [0.25, 0.3) is 93.2 Å². The molecule has 3 nitrogen and oxygen atoms in total. The van der Waals surface area contributed by atoms with Gasteiger partial charge in [-0.2, -0.15) is 0 Å². The maximum absolute atomic E-state index is 6.69. The minimum Gasteiger partial charge on any atom is -0.454 e. The Morgan fingerprint density at radius 1 is 0.373 bits per heavy atom. The van der Waals surface area contributed by atoms with Gasteiger partial charge in [0.1, 0.15) is 5.58 Å². The van der Waals surface area contributed by atoms with Gasteiger partial charge in [0.25, 0.3) is 0 Å². The summed E-state index contributed by atoms with van der Waals surface area (Å²) >= 11 is 0. The first-order valence-corrected chi connectivity index (χ1v) is 20.2. The van der Waals surface area contributed by atoms with E-state index in [0.717, 1.165) is 50.2 Å². The number of aromatic nitrogens is 1. The van der Waals surface area contributed by atoms with Crippen LogP contribution in [0.4, 0.5) is 17.1 Å². The number of hydrogen-bond donors (Lipinski definition) is 0. The third kappa shape index (κ3) is 5.29. The summed E-state index contributed by atoms with van der Waals surface area (Å²) < 4.78 is 9.12. The van der Waals surface area contributed by atoms with Crippen LogP contribution in [0.2, 0.25) is 0 Å². The van der Waals surface area contributed by atoms with E-state index < -0.39 is 0 Å². The first-order valence-electron chi connectivity index (χ1n) is 20.2. The molecule has 12 aromatic rings. The van der Waals surface area contributed by atoms with Crippen molar-refractivity contribution in [3.63, 3.8) is 0 Å². The fraction of sp³-hybridized carbons (Fsp3) is 0. The van der Waals surface area contributed by atoms with Gasteiger partial charge in [0.15, 0.2) is 5.58 Å². The lowest BCUT2D eigenvalue weighted by Gasteiger charge is -2.26. The quantitative estimate of drug-likeness (QED) is 0.169. The molecule has 0 unspecified atom stereocenters. The lowest BCUT2D eigenvalue weighted by atomic mass is 9.92. The van der Waals surface area contributed by atoms with E-state index in [2.05, 4.69) is 222 Å². The third-order valence-corrected chi connectivity index (χ3v) is 12.0. The van der Waals surface area contributed by atoms with Crippen LogP contribution in [0.15, 0.2) is 223 Å². The van der Waals surface area contributed by atoms with Crippen molar-refractivity contribution in [2.75, 3.05) is 4.90 Å². The molecule has 10 aromatic carbocycles. The molecule has 0 saturated heterocycles. The molecule has 0 aliphatic heterocycles. The van der Waals surface area contributed by atoms with Crippen molar-refractivity contribution in [2.45, 2.75) is 0 Å². The summed E-state index contributed by atoms with van der Waals surface area (Å²) in [6, 6.07) is 78.6. The lowest BCUT2D eigenvalue weighted by molar-refractivity contribution is 0.669. The number of fused-ring (bicyclic) bond motifs is 9. The smallest absolute Gasteiger partial charge is 0.159 e. The summed E-state index contributed by atoms with van der Waals surface area (Å²) in [5.74, 6) is 0. The molecule has 0 saturated carbocycles. The second kappa shape index (κ2) is 13.4. The maximum Gasteiger partial charge on any atom is 0.159 e. The van der Waals surface area contributed by atoms with Gasteiger partial charge in [-0.15, -0.1) is 0 Å². The first kappa shape index (κ1) is 33.3. The molecule has 276 valence electrons. The van der Waals surface area contributed by atoms with Gasteiger partial charge < -0.3 is 13.9 Å². The van der Waals surface area contributed by atoms with Crippen LogP contribution in [-0.2, 0) is 0 Å². The predicted octanol–water partition coefficient (Wildman–Crippen LogP) is 15.8. The molecule has 0 atom stereocenters. The Hall–Kier alpha value is -7.88. The van der Waals surface area contributed by atoms with Gasteiger partial charge in [-0.3, -0.25) is 0 Å². The number of benzene rings is 10. The second-order valence-electron chi connectivity index (χ2n) is 15.3. The molecule has 0 radical (unpaired) electrons. The summed E-state index contributed by atoms with van der Waals surface area (Å²) in [6.07, 6.45) is 0. The number of nitrogens with zero attached hydrogens (tertiary/aromatic N) is 2. The van der Waals surface area contributed by atoms with Crippen LogP contribution in [0.5, 0.6) is 0 Å². The number of rotatable bonds is 6. The van der Waals surface area contributed by atoms with Crippen LogP contribution >= 0.6 is 0 Å². The van der Waals surface area contributed by atoms with Crippen LogP contribution in [-0.4, -0.2) is 4.57 Å². The highest BCUT2D eigenvalue weighted by Crippen LogP contribution is 2.45. The first-order chi connectivity index (χ1) is 29.3. The molecule has 59 heavy (non-hydrogen) atoms. The monoisotopic (exact) mass is 752 g/mol. The van der Waals surface area contributed by atoms with Crippen LogP contribution in [0, 0.1) is 0 Å². The zero-order valence-corrected chi connectivity index (χ0v) is 32.1. The Balaban J connectivity index is 1.09. The number of hydrogen-bond acceptors (Lipinski definition) is 2. The van der Waals surface area contributed by atoms with E-state index in [1.807, 2.05) is 6.07 Å². The van der Waals surface area contributed by atoms with Gasteiger partial charge in [-0.25, -0.2) is 0 Å². The zero-order chi connectivity index (χ0) is 38.9. The normalized spacial score (nSPS) is 11.7. The summed E-state index contributed by atoms with van der Waals surface area (Å²) in [7, 11) is 0. The topological polar surface area (TPSA) is 21.3 Å². The van der Waals surface area contributed by atoms with E-state index in [9.17, 15) is 0 Å². The van der Waals surface area contributed by atoms with Gasteiger partial charge in [-0.1, -0.05) is 164 Å². The molecule has 12 rings (SSSR count). The molecule has 2 aromatic heterocycles. The molecule has 2 heterocycles. The Morgan fingerprint density at radius 2 is 1.03 bits per heavy atom. The highest BCUT2D eigenvalue weighted by atomic mass is 16.3. The largest absolute Gasteiger partial charge is 0.454 e. The molecule has 0 spiro atoms. The van der Waals surface area contributed by atoms with Crippen molar-refractivity contribution >= 4 is 82.4 Å². The van der Waals surface area contributed by atoms with E-state index in [1.165, 1.54) is 60.1 Å². The van der Waals surface area contributed by atoms with Gasteiger partial charge in [-0.05, 0) is 98.4 Å². The van der Waals surface area contributed by atoms with Crippen molar-refractivity contribution in [2.24, 2.45) is 0 Å². The second-order valence-corrected chi connectivity index (χ2v) is 15.3. The molecule has 3 heteroatoms. The van der Waals surface area contributed by atoms with Crippen molar-refractivity contribution in [3.05, 3.63) is 218 Å². The molecule has 0 bridgehead atoms. The molecule has 0 N–H and O–H groups in total. The van der Waals surface area contributed by atoms with E-state index in [1.54, 1.807) is 0 Å². The highest BCUT2D eigenvalue weighted by molar-refractivity contribution is 6.26. The molecule has 0 aliphatic carbocycles. The Morgan fingerprint density at radius 3 is 1.92 bits per heavy atom. The van der Waals surface area contributed by atoms with E-state index in [-0.39, 0.29) is 0 Å². The molecule has 0 fully saturated rings. The molecule has 0 aliphatic rings. The SMILES string of the molecule is c1ccc(-c2ccc(N(c3cccc(-n4c5ccccc5c5c6c(-c7cccc8ccccc78)cccc6ccc54)c3)c3cccc4c3oc3ccccc34)cc2)cc1. The summed E-state index contributed by atoms with van der Waals surface area (Å²) in [5.41, 5.74) is 13.1. The molecular formula is C56H36N2O. The molecular weight excluding hydrogens is 717 g/mol. The Kier molecular flexibility index (Phi) is 7.54. The van der Waals surface area contributed by atoms with Crippen molar-refractivity contribution < 1.29 is 4.42 Å². The number of para-hydroxylation sites is 3. The van der Waals surface area contributed by atoms with Gasteiger partial charge in [0.2, 0.25) is 0 Å². The van der Waals surface area contributed by atoms with Crippen molar-refractivity contribution in [3.8, 4) is 27.9 Å². The minimum atomic E-state index is 0.857. The van der Waals surface area contributed by atoms with Crippen LogP contribution in [0.3, 0.4) is 0 Å². The number of anilines is 3. The standard InChI is InChI=1S/C56H36N2O/c1-2-14-37(15-3-1)38-30-33-41(34-31-38)57(52-28-13-26-48-46-22-7-9-29-53(46)59-56(48)52)42-19-12-20-43(36-42)58-50-27-8-6-23-49(50)55-51(58)35-32-40-18-11-25-47(54(40)55)45-24-10-17-39-16-4-5-21-44(39)45/h1-36H. The van der Waals surface area contributed by atoms with Gasteiger partial charge in [0.05, 0.1) is 16.7 Å². The third-order valence-electron chi connectivity index (χ3n) is 12.0. The fourth-order valence-corrected chi connectivity index (χ4v) is 9.34. The van der Waals surface area contributed by atoms with E-state index >= 15 is 0 Å². The van der Waals surface area contributed by atoms with Crippen molar-refractivity contribution in [1.29, 1.82) is 0 Å². The summed E-state index contributed by atoms with van der Waals surface area (Å²) in [4.78, 5) is 2.34. The molecule has 0 amide bonds. The highest BCUT2D eigenvalue weighted by Gasteiger charge is 2.22. The average Bonchev–Trinajstić information content (AvgIpc) is 3.86. The Bertz CT molecular complexity index is 3550. The summed E-state index contributed by atoms with van der Waals surface area (Å²) in [6.45, 7) is 0. The summed E-state index contributed by atoms with van der Waals surface area (Å²) in [5, 5.41) is 9.68. The average molecular weight is 753 g/mol. The van der Waals surface area contributed by atoms with Crippen LogP contribution in [0.1, 0.15) is 0 Å². The van der Waals surface area contributed by atoms with Crippen LogP contribution < -0.4 is 4.90 Å². The maximum atomic E-state index is 6.69. The Labute approximate surface area is 341 Å². The van der Waals surface area contributed by atoms with E-state index in [4.69, 9.17) is 4.42 Å². The van der Waals surface area contributed by atoms with Gasteiger partial charge in [0, 0.05) is 38.6 Å². The number of furan rings is 1. The van der Waals surface area contributed by atoms with E-state index in [0.29, 0.717) is 0 Å².